The molecule has 0 heterocycles. The summed E-state index contributed by atoms with van der Waals surface area (Å²) in [5.74, 6) is 0. The Balaban J connectivity index is 3.15. The quantitative estimate of drug-likeness (QED) is 0.647. The minimum atomic E-state index is -1.49. The average Bonchev–Trinajstić information content (AvgIpc) is 1.94. The number of halogens is 1. The minimum absolute atomic E-state index is 0.376. The molecule has 3 nitrogen and oxygen atoms in total. The van der Waals surface area contributed by atoms with Crippen LogP contribution in [0.1, 0.15) is 0 Å². The lowest BCUT2D eigenvalue weighted by molar-refractivity contribution is 0.684. The van der Waals surface area contributed by atoms with Gasteiger partial charge >= 0.3 is 0 Å². The first kappa shape index (κ1) is 8.52. The minimum Gasteiger partial charge on any atom is -0.398 e. The Labute approximate surface area is 71.9 Å². The van der Waals surface area contributed by atoms with E-state index in [1.165, 1.54) is 6.07 Å². The van der Waals surface area contributed by atoms with Gasteiger partial charge in [0.15, 0.2) is 0 Å². The van der Waals surface area contributed by atoms with Crippen molar-refractivity contribution in [1.82, 2.24) is 0 Å². The van der Waals surface area contributed by atoms with Gasteiger partial charge in [-0.05, 0) is 18.2 Å². The number of anilines is 1. The van der Waals surface area contributed by atoms with Crippen LogP contribution in [0.2, 0.25) is 5.02 Å². The van der Waals surface area contributed by atoms with Gasteiger partial charge in [-0.3, -0.25) is 0 Å². The Morgan fingerprint density at radius 2 is 2.09 bits per heavy atom. The van der Waals surface area contributed by atoms with Gasteiger partial charge in [-0.15, -0.1) is 0 Å². The van der Waals surface area contributed by atoms with E-state index >= 15 is 0 Å². The van der Waals surface area contributed by atoms with Crippen LogP contribution in [0.25, 0.3) is 0 Å². The molecule has 0 bridgehead atoms. The highest BCUT2D eigenvalue weighted by Crippen LogP contribution is 2.20. The lowest BCUT2D eigenvalue weighted by Crippen LogP contribution is -2.02. The Morgan fingerprint density at radius 3 is 2.55 bits per heavy atom. The fourth-order valence-corrected chi connectivity index (χ4v) is 1.31. The van der Waals surface area contributed by atoms with Crippen LogP contribution in [0.5, 0.6) is 0 Å². The van der Waals surface area contributed by atoms with E-state index in [-0.39, 0.29) is 0 Å². The van der Waals surface area contributed by atoms with Crippen LogP contribution in [0.4, 0.5) is 5.69 Å². The lowest BCUT2D eigenvalue weighted by Gasteiger charge is -1.99. The molecule has 1 unspecified atom stereocenters. The molecule has 0 amide bonds. The summed E-state index contributed by atoms with van der Waals surface area (Å²) in [5.41, 5.74) is 5.88. The molecule has 1 atom stereocenters. The van der Waals surface area contributed by atoms with Gasteiger partial charge in [0.05, 0.1) is 15.6 Å². The van der Waals surface area contributed by atoms with Crippen molar-refractivity contribution in [2.75, 3.05) is 5.73 Å². The molecule has 0 radical (unpaired) electrons. The van der Waals surface area contributed by atoms with E-state index in [0.717, 1.165) is 0 Å². The Kier molecular flexibility index (Phi) is 2.49. The van der Waals surface area contributed by atoms with E-state index in [4.69, 9.17) is 22.5 Å². The van der Waals surface area contributed by atoms with Gasteiger partial charge in [-0.25, -0.2) is 9.35 Å². The summed E-state index contributed by atoms with van der Waals surface area (Å²) in [4.78, 5) is 0.476. The number of rotatable bonds is 1. The third-order valence-corrected chi connectivity index (χ3v) is 2.25. The molecule has 1 rings (SSSR count). The Hall–Kier alpha value is -0.580. The number of nitrogen functional groups attached to an aromatic ring is 1. The van der Waals surface area contributed by atoms with Gasteiger partial charge in [-0.1, -0.05) is 11.6 Å². The predicted octanol–water partition coefficient (Wildman–Crippen LogP) is 0.903. The fourth-order valence-electron chi connectivity index (χ4n) is 0.633. The summed E-state index contributed by atoms with van der Waals surface area (Å²) < 4.78 is 10.7. The van der Waals surface area contributed by atoms with Crippen LogP contribution in [-0.4, -0.2) is 4.21 Å². The van der Waals surface area contributed by atoms with Crippen molar-refractivity contribution in [2.24, 2.45) is 5.14 Å². The first-order valence-electron chi connectivity index (χ1n) is 2.82. The largest absolute Gasteiger partial charge is 0.398 e. The van der Waals surface area contributed by atoms with Crippen molar-refractivity contribution in [1.29, 1.82) is 0 Å². The zero-order valence-electron chi connectivity index (χ0n) is 5.58. The summed E-state index contributed by atoms with van der Waals surface area (Å²) in [7, 11) is -1.49. The topological polar surface area (TPSA) is 69.1 Å². The molecular weight excluding hydrogens is 184 g/mol. The summed E-state index contributed by atoms with van der Waals surface area (Å²) in [6, 6.07) is 4.65. The van der Waals surface area contributed by atoms with Gasteiger partial charge in [0.2, 0.25) is 0 Å². The highest BCUT2D eigenvalue weighted by atomic mass is 35.5. The number of hydrogen-bond donors (Lipinski definition) is 2. The second-order valence-corrected chi connectivity index (χ2v) is 3.45. The maximum Gasteiger partial charge on any atom is 0.122 e. The zero-order chi connectivity index (χ0) is 8.43. The molecule has 0 fully saturated rings. The number of hydrogen-bond acceptors (Lipinski definition) is 2. The zero-order valence-corrected chi connectivity index (χ0v) is 7.15. The molecule has 1 aromatic carbocycles. The molecule has 5 heteroatoms. The maximum absolute atomic E-state index is 10.7. The molecule has 60 valence electrons. The van der Waals surface area contributed by atoms with Crippen molar-refractivity contribution in [2.45, 2.75) is 4.90 Å². The number of benzene rings is 1. The molecule has 0 spiro atoms. The van der Waals surface area contributed by atoms with Crippen molar-refractivity contribution in [3.63, 3.8) is 0 Å². The highest BCUT2D eigenvalue weighted by molar-refractivity contribution is 7.82. The molecule has 0 aliphatic heterocycles. The Morgan fingerprint density at radius 1 is 1.45 bits per heavy atom. The highest BCUT2D eigenvalue weighted by Gasteiger charge is 2.00. The molecule has 4 N–H and O–H groups in total. The van der Waals surface area contributed by atoms with E-state index in [1.807, 2.05) is 0 Å². The monoisotopic (exact) mass is 190 g/mol. The van der Waals surface area contributed by atoms with E-state index < -0.39 is 11.0 Å². The van der Waals surface area contributed by atoms with E-state index in [2.05, 4.69) is 0 Å². The van der Waals surface area contributed by atoms with Gasteiger partial charge < -0.3 is 5.73 Å². The molecule has 0 aliphatic carbocycles. The third kappa shape index (κ3) is 1.92. The van der Waals surface area contributed by atoms with Gasteiger partial charge in [0, 0.05) is 0 Å². The van der Waals surface area contributed by atoms with Crippen molar-refractivity contribution < 1.29 is 4.21 Å². The lowest BCUT2D eigenvalue weighted by atomic mass is 10.3. The molecule has 11 heavy (non-hydrogen) atoms. The first-order chi connectivity index (χ1) is 5.11. The molecule has 0 aliphatic rings. The molecule has 1 aromatic rings. The van der Waals surface area contributed by atoms with Gasteiger partial charge in [-0.2, -0.15) is 0 Å². The van der Waals surface area contributed by atoms with Crippen LogP contribution in [0, 0.1) is 0 Å². The Bertz CT molecular complexity index is 303. The van der Waals surface area contributed by atoms with Gasteiger partial charge in [0.1, 0.15) is 11.0 Å². The van der Waals surface area contributed by atoms with Crippen molar-refractivity contribution in [3.8, 4) is 0 Å². The first-order valence-corrected chi connectivity index (χ1v) is 4.41. The summed E-state index contributed by atoms with van der Waals surface area (Å²) in [6.07, 6.45) is 0. The molecule has 0 aromatic heterocycles. The SMILES string of the molecule is Nc1ccc(S(N)=O)cc1Cl. The maximum atomic E-state index is 10.7. The summed E-state index contributed by atoms with van der Waals surface area (Å²) in [6.45, 7) is 0. The fraction of sp³-hybridized carbons (Fsp3) is 0. The van der Waals surface area contributed by atoms with Crippen LogP contribution in [0.3, 0.4) is 0 Å². The predicted molar refractivity (Wildman–Crippen MR) is 46.5 cm³/mol. The smallest absolute Gasteiger partial charge is 0.122 e. The second-order valence-electron chi connectivity index (χ2n) is 1.98. The number of nitrogens with two attached hydrogens (primary N) is 2. The van der Waals surface area contributed by atoms with Crippen molar-refractivity contribution in [3.05, 3.63) is 23.2 Å². The summed E-state index contributed by atoms with van der Waals surface area (Å²) in [5, 5.41) is 5.48. The van der Waals surface area contributed by atoms with E-state index in [0.29, 0.717) is 15.6 Å². The van der Waals surface area contributed by atoms with Crippen LogP contribution in [0.15, 0.2) is 23.1 Å². The standard InChI is InChI=1S/C6H7ClN2OS/c7-5-3-4(11(9)10)1-2-6(5)8/h1-3H,8-9H2. The molecule has 0 saturated heterocycles. The summed E-state index contributed by atoms with van der Waals surface area (Å²) >= 11 is 5.64. The van der Waals surface area contributed by atoms with E-state index in [9.17, 15) is 4.21 Å². The molecular formula is C6H7ClN2OS. The van der Waals surface area contributed by atoms with Crippen LogP contribution in [-0.2, 0) is 11.0 Å². The van der Waals surface area contributed by atoms with Crippen molar-refractivity contribution >= 4 is 28.3 Å². The third-order valence-electron chi connectivity index (χ3n) is 1.20. The normalized spacial score (nSPS) is 12.9. The molecule has 0 saturated carbocycles. The van der Waals surface area contributed by atoms with Crippen LogP contribution < -0.4 is 10.9 Å². The second kappa shape index (κ2) is 3.21. The van der Waals surface area contributed by atoms with E-state index in [1.54, 1.807) is 12.1 Å². The average molecular weight is 191 g/mol. The van der Waals surface area contributed by atoms with Crippen LogP contribution >= 0.6 is 11.6 Å². The van der Waals surface area contributed by atoms with Gasteiger partial charge in [0.25, 0.3) is 0 Å².